The summed E-state index contributed by atoms with van der Waals surface area (Å²) in [5.41, 5.74) is 0.930. The van der Waals surface area contributed by atoms with Crippen LogP contribution in [0, 0.1) is 11.8 Å². The Kier molecular flexibility index (Phi) is 4.67. The summed E-state index contributed by atoms with van der Waals surface area (Å²) in [6.45, 7) is 4.00. The van der Waals surface area contributed by atoms with E-state index in [4.69, 9.17) is 16.6 Å². The van der Waals surface area contributed by atoms with Crippen molar-refractivity contribution in [2.45, 2.75) is 29.7 Å². The lowest BCUT2D eigenvalue weighted by atomic mass is 9.76. The smallest absolute Gasteiger partial charge is 0.227 e. The van der Waals surface area contributed by atoms with Crippen molar-refractivity contribution in [2.24, 2.45) is 11.8 Å². The van der Waals surface area contributed by atoms with Gasteiger partial charge in [-0.15, -0.1) is 0 Å². The number of aliphatic hydroxyl groups is 1. The zero-order valence-electron chi connectivity index (χ0n) is 17.3. The van der Waals surface area contributed by atoms with Crippen LogP contribution in [0.5, 0.6) is 0 Å². The molecule has 31 heavy (non-hydrogen) atoms. The number of hydrogen-bond acceptors (Lipinski definition) is 7. The van der Waals surface area contributed by atoms with Gasteiger partial charge in [-0.05, 0) is 43.5 Å². The zero-order valence-corrected chi connectivity index (χ0v) is 18.9. The monoisotopic (exact) mass is 459 g/mol. The Bertz CT molecular complexity index is 1010. The van der Waals surface area contributed by atoms with Gasteiger partial charge < -0.3 is 19.8 Å². The molecule has 1 saturated carbocycles. The second kappa shape index (κ2) is 7.32. The third kappa shape index (κ3) is 3.14. The van der Waals surface area contributed by atoms with E-state index >= 15 is 0 Å². The summed E-state index contributed by atoms with van der Waals surface area (Å²) < 4.78 is 12.6. The van der Waals surface area contributed by atoms with Gasteiger partial charge in [-0.2, -0.15) is 4.98 Å². The standard InChI is InChI=1S/C22H26ClN5O2S/c23-17-2-4-18(5-3-17)26-9-15-11-27(12-16(15)10-26)21-24-8-19-20(25-21)28(14-31(19)30)22(13-29)6-1-7-22/h2-5,8,15-16,29H,1,6-7,9-14H2/t15?,16?,31-/m0/s1. The first-order valence-electron chi connectivity index (χ1n) is 11.0. The van der Waals surface area contributed by atoms with Gasteiger partial charge in [-0.1, -0.05) is 11.6 Å². The van der Waals surface area contributed by atoms with Crippen molar-refractivity contribution in [1.29, 1.82) is 0 Å². The van der Waals surface area contributed by atoms with Crippen LogP contribution in [0.2, 0.25) is 5.02 Å². The Hall–Kier alpha value is -1.90. The number of aliphatic hydroxyl groups excluding tert-OH is 1. The summed E-state index contributed by atoms with van der Waals surface area (Å²) in [7, 11) is -1.13. The number of fused-ring (bicyclic) bond motifs is 2. The molecule has 4 aliphatic rings. The van der Waals surface area contributed by atoms with Gasteiger partial charge in [0.1, 0.15) is 10.8 Å². The van der Waals surface area contributed by atoms with E-state index in [1.807, 2.05) is 12.1 Å². The number of hydrogen-bond donors (Lipinski definition) is 1. The molecule has 3 aliphatic heterocycles. The van der Waals surface area contributed by atoms with Crippen molar-refractivity contribution in [3.63, 3.8) is 0 Å². The van der Waals surface area contributed by atoms with Crippen LogP contribution in [-0.4, -0.2) is 63.5 Å². The van der Waals surface area contributed by atoms with Crippen LogP contribution < -0.4 is 14.7 Å². The number of halogens is 1. The molecule has 6 rings (SSSR count). The van der Waals surface area contributed by atoms with Crippen LogP contribution in [0.3, 0.4) is 0 Å². The average Bonchev–Trinajstić information content (AvgIpc) is 3.40. The van der Waals surface area contributed by atoms with Crippen molar-refractivity contribution < 1.29 is 9.32 Å². The van der Waals surface area contributed by atoms with E-state index in [0.29, 0.717) is 22.6 Å². The SMILES string of the molecule is O=[S@]1CN(C2(CO)CCC2)c2nc(N3CC4CN(c5ccc(Cl)cc5)CC4C3)ncc21. The highest BCUT2D eigenvalue weighted by atomic mass is 35.5. The fourth-order valence-corrected chi connectivity index (χ4v) is 7.01. The fourth-order valence-electron chi connectivity index (χ4n) is 5.59. The molecule has 0 radical (unpaired) electrons. The summed E-state index contributed by atoms with van der Waals surface area (Å²) in [5.74, 6) is 3.05. The third-order valence-electron chi connectivity index (χ3n) is 7.58. The first-order valence-corrected chi connectivity index (χ1v) is 12.7. The molecule has 0 amide bonds. The van der Waals surface area contributed by atoms with Gasteiger partial charge in [0.25, 0.3) is 0 Å². The molecule has 2 aromatic rings. The molecule has 0 spiro atoms. The second-order valence-corrected chi connectivity index (χ2v) is 11.1. The van der Waals surface area contributed by atoms with Crippen LogP contribution in [0.25, 0.3) is 0 Å². The summed E-state index contributed by atoms with van der Waals surface area (Å²) in [6, 6.07) is 8.09. The molecule has 1 aromatic heterocycles. The van der Waals surface area contributed by atoms with Gasteiger partial charge in [-0.3, -0.25) is 4.21 Å². The minimum absolute atomic E-state index is 0.0807. The van der Waals surface area contributed by atoms with Gasteiger partial charge in [0.15, 0.2) is 5.82 Å². The van der Waals surface area contributed by atoms with Gasteiger partial charge in [0.2, 0.25) is 5.95 Å². The first-order chi connectivity index (χ1) is 15.1. The number of aromatic nitrogens is 2. The van der Waals surface area contributed by atoms with Crippen LogP contribution >= 0.6 is 11.6 Å². The first kappa shape index (κ1) is 19.8. The fraction of sp³-hybridized carbons (Fsp3) is 0.545. The maximum absolute atomic E-state index is 12.6. The molecule has 2 unspecified atom stereocenters. The highest BCUT2D eigenvalue weighted by Gasteiger charge is 2.48. The summed E-state index contributed by atoms with van der Waals surface area (Å²) >= 11 is 6.04. The van der Waals surface area contributed by atoms with Crippen LogP contribution in [-0.2, 0) is 10.8 Å². The Morgan fingerprint density at radius 3 is 2.39 bits per heavy atom. The van der Waals surface area contributed by atoms with E-state index in [2.05, 4.69) is 31.8 Å². The minimum atomic E-state index is -1.13. The van der Waals surface area contributed by atoms with Crippen molar-refractivity contribution in [3.05, 3.63) is 35.5 Å². The predicted octanol–water partition coefficient (Wildman–Crippen LogP) is 2.50. The molecular weight excluding hydrogens is 434 g/mol. The molecule has 1 N–H and O–H groups in total. The van der Waals surface area contributed by atoms with Gasteiger partial charge in [0.05, 0.1) is 29.1 Å². The molecule has 9 heteroatoms. The van der Waals surface area contributed by atoms with Gasteiger partial charge in [0, 0.05) is 48.7 Å². The average molecular weight is 460 g/mol. The van der Waals surface area contributed by atoms with E-state index in [-0.39, 0.29) is 12.1 Å². The molecule has 3 fully saturated rings. The lowest BCUT2D eigenvalue weighted by Gasteiger charge is -2.47. The maximum Gasteiger partial charge on any atom is 0.227 e. The van der Waals surface area contributed by atoms with Crippen LogP contribution in [0.1, 0.15) is 19.3 Å². The molecule has 1 aromatic carbocycles. The molecule has 1 aliphatic carbocycles. The van der Waals surface area contributed by atoms with Gasteiger partial charge in [-0.25, -0.2) is 4.98 Å². The molecule has 3 atom stereocenters. The largest absolute Gasteiger partial charge is 0.394 e. The minimum Gasteiger partial charge on any atom is -0.394 e. The highest BCUT2D eigenvalue weighted by molar-refractivity contribution is 7.85. The topological polar surface area (TPSA) is 72.8 Å². The van der Waals surface area contributed by atoms with E-state index in [1.165, 1.54) is 5.69 Å². The Morgan fingerprint density at radius 1 is 1.10 bits per heavy atom. The van der Waals surface area contributed by atoms with E-state index in [0.717, 1.165) is 62.2 Å². The molecular formula is C22H26ClN5O2S. The van der Waals surface area contributed by atoms with Crippen LogP contribution in [0.15, 0.2) is 35.4 Å². The summed E-state index contributed by atoms with van der Waals surface area (Å²) in [6.07, 6.45) is 4.68. The molecule has 4 heterocycles. The van der Waals surface area contributed by atoms with Crippen molar-refractivity contribution >= 4 is 39.9 Å². The number of anilines is 3. The van der Waals surface area contributed by atoms with Crippen LogP contribution in [0.4, 0.5) is 17.5 Å². The molecule has 2 saturated heterocycles. The quantitative estimate of drug-likeness (QED) is 0.753. The highest BCUT2D eigenvalue weighted by Crippen LogP contribution is 2.45. The molecule has 7 nitrogen and oxygen atoms in total. The molecule has 164 valence electrons. The maximum atomic E-state index is 12.6. The molecule has 0 bridgehead atoms. The van der Waals surface area contributed by atoms with E-state index in [9.17, 15) is 9.32 Å². The predicted molar refractivity (Wildman–Crippen MR) is 122 cm³/mol. The Morgan fingerprint density at radius 2 is 1.77 bits per heavy atom. The number of nitrogens with zero attached hydrogens (tertiary/aromatic N) is 5. The van der Waals surface area contributed by atoms with Crippen molar-refractivity contribution in [1.82, 2.24) is 9.97 Å². The van der Waals surface area contributed by atoms with E-state index < -0.39 is 10.8 Å². The van der Waals surface area contributed by atoms with Crippen molar-refractivity contribution in [2.75, 3.05) is 53.4 Å². The van der Waals surface area contributed by atoms with E-state index in [1.54, 1.807) is 6.20 Å². The number of rotatable bonds is 4. The van der Waals surface area contributed by atoms with Gasteiger partial charge >= 0.3 is 0 Å². The summed E-state index contributed by atoms with van der Waals surface area (Å²) in [5, 5.41) is 10.8. The summed E-state index contributed by atoms with van der Waals surface area (Å²) in [4.78, 5) is 17.0. The number of benzene rings is 1. The van der Waals surface area contributed by atoms with Crippen molar-refractivity contribution in [3.8, 4) is 0 Å². The second-order valence-electron chi connectivity index (χ2n) is 9.30. The third-order valence-corrected chi connectivity index (χ3v) is 9.11. The Balaban J connectivity index is 1.20. The Labute approximate surface area is 189 Å². The lowest BCUT2D eigenvalue weighted by molar-refractivity contribution is 0.119. The normalized spacial score (nSPS) is 28.6. The zero-order chi connectivity index (χ0) is 21.2. The lowest BCUT2D eigenvalue weighted by Crippen LogP contribution is -2.56.